The third kappa shape index (κ3) is 3.64. The van der Waals surface area contributed by atoms with E-state index in [-0.39, 0.29) is 18.2 Å². The minimum atomic E-state index is -2.88. The summed E-state index contributed by atoms with van der Waals surface area (Å²) in [5.41, 5.74) is 1.00. The lowest BCUT2D eigenvalue weighted by molar-refractivity contribution is -0.00535. The third-order valence-corrected chi connectivity index (χ3v) is 3.92. The second-order valence-corrected chi connectivity index (χ2v) is 5.55. The molecule has 0 radical (unpaired) electrons. The molecule has 0 fully saturated rings. The highest BCUT2D eigenvalue weighted by atomic mass is 79.9. The van der Waals surface area contributed by atoms with Crippen molar-refractivity contribution in [2.75, 3.05) is 6.54 Å². The molecule has 2 aromatic rings. The van der Waals surface area contributed by atoms with E-state index in [0.717, 1.165) is 10.0 Å². The predicted octanol–water partition coefficient (Wildman–Crippen LogP) is 4.89. The normalized spacial score (nSPS) is 13.2. The molecule has 1 N–H and O–H groups in total. The molecular weight excluding hydrogens is 324 g/mol. The van der Waals surface area contributed by atoms with Crippen LogP contribution >= 0.6 is 15.9 Å². The number of rotatable bonds is 5. The van der Waals surface area contributed by atoms with Crippen LogP contribution in [0.1, 0.15) is 24.1 Å². The lowest BCUT2D eigenvalue weighted by Gasteiger charge is -2.21. The van der Waals surface area contributed by atoms with Crippen LogP contribution in [0.3, 0.4) is 0 Å². The lowest BCUT2D eigenvalue weighted by Crippen LogP contribution is -2.32. The summed E-state index contributed by atoms with van der Waals surface area (Å²) >= 11 is 3.43. The first-order valence-electron chi connectivity index (χ1n) is 6.42. The number of nitrogens with one attached hydrogen (secondary N) is 1. The van der Waals surface area contributed by atoms with Crippen molar-refractivity contribution in [2.45, 2.75) is 18.9 Å². The van der Waals surface area contributed by atoms with Crippen molar-refractivity contribution >= 4 is 15.9 Å². The Labute approximate surface area is 126 Å². The van der Waals surface area contributed by atoms with E-state index in [4.69, 9.17) is 0 Å². The molecule has 4 heteroatoms. The van der Waals surface area contributed by atoms with Crippen LogP contribution in [-0.4, -0.2) is 6.54 Å². The zero-order chi connectivity index (χ0) is 14.6. The monoisotopic (exact) mass is 339 g/mol. The van der Waals surface area contributed by atoms with Crippen LogP contribution in [0.25, 0.3) is 0 Å². The molecule has 0 aliphatic rings. The summed E-state index contributed by atoms with van der Waals surface area (Å²) in [7, 11) is 0. The van der Waals surface area contributed by atoms with Gasteiger partial charge >= 0.3 is 0 Å². The van der Waals surface area contributed by atoms with E-state index < -0.39 is 5.92 Å². The maximum atomic E-state index is 14.1. The number of halogens is 3. The van der Waals surface area contributed by atoms with Gasteiger partial charge in [0.2, 0.25) is 0 Å². The maximum absolute atomic E-state index is 14.1. The number of hydrogen-bond acceptors (Lipinski definition) is 1. The minimum absolute atomic E-state index is 0.0341. The fraction of sp³-hybridized carbons (Fsp3) is 0.250. The summed E-state index contributed by atoms with van der Waals surface area (Å²) in [6.45, 7) is 1.49. The highest BCUT2D eigenvalue weighted by Gasteiger charge is 2.31. The molecule has 1 nitrogen and oxygen atoms in total. The van der Waals surface area contributed by atoms with E-state index in [1.165, 1.54) is 12.1 Å². The van der Waals surface area contributed by atoms with Crippen LogP contribution in [0.4, 0.5) is 8.78 Å². The van der Waals surface area contributed by atoms with Crippen LogP contribution in [0.2, 0.25) is 0 Å². The van der Waals surface area contributed by atoms with Gasteiger partial charge < -0.3 is 5.32 Å². The molecule has 2 aromatic carbocycles. The van der Waals surface area contributed by atoms with Crippen molar-refractivity contribution in [1.82, 2.24) is 5.32 Å². The average molecular weight is 340 g/mol. The van der Waals surface area contributed by atoms with Gasteiger partial charge in [-0.1, -0.05) is 64.5 Å². The average Bonchev–Trinajstić information content (AvgIpc) is 2.46. The van der Waals surface area contributed by atoms with Gasteiger partial charge in [-0.25, -0.2) is 0 Å². The second-order valence-electron chi connectivity index (χ2n) is 4.69. The first-order chi connectivity index (χ1) is 9.50. The molecule has 0 aromatic heterocycles. The third-order valence-electron chi connectivity index (χ3n) is 3.20. The van der Waals surface area contributed by atoms with Crippen LogP contribution in [0.15, 0.2) is 59.1 Å². The fourth-order valence-electron chi connectivity index (χ4n) is 2.00. The Hall–Kier alpha value is -1.26. The smallest absolute Gasteiger partial charge is 0.285 e. The highest BCUT2D eigenvalue weighted by molar-refractivity contribution is 9.10. The highest BCUT2D eigenvalue weighted by Crippen LogP contribution is 2.29. The van der Waals surface area contributed by atoms with Crippen LogP contribution < -0.4 is 5.32 Å². The molecule has 0 saturated carbocycles. The standard InChI is InChI=1S/C16H16BrF2N/c1-12(14-9-5-6-10-15(14)17)20-11-16(18,19)13-7-3-2-4-8-13/h2-10,12,20H,11H2,1H3/t12-/m1/s1. The molecule has 0 spiro atoms. The predicted molar refractivity (Wildman–Crippen MR) is 80.9 cm³/mol. The topological polar surface area (TPSA) is 12.0 Å². The Kier molecular flexibility index (Phi) is 4.89. The molecule has 0 heterocycles. The molecule has 20 heavy (non-hydrogen) atoms. The molecule has 2 rings (SSSR count). The lowest BCUT2D eigenvalue weighted by atomic mass is 10.1. The fourth-order valence-corrected chi connectivity index (χ4v) is 2.63. The van der Waals surface area contributed by atoms with Crippen molar-refractivity contribution < 1.29 is 8.78 Å². The van der Waals surface area contributed by atoms with E-state index in [1.807, 2.05) is 31.2 Å². The van der Waals surface area contributed by atoms with Gasteiger partial charge in [-0.2, -0.15) is 8.78 Å². The molecule has 1 atom stereocenters. The Morgan fingerprint density at radius 3 is 2.30 bits per heavy atom. The summed E-state index contributed by atoms with van der Waals surface area (Å²) in [5, 5.41) is 2.90. The van der Waals surface area contributed by atoms with Gasteiger partial charge in [0.15, 0.2) is 0 Å². The zero-order valence-electron chi connectivity index (χ0n) is 11.1. The first kappa shape index (κ1) is 15.1. The summed E-state index contributed by atoms with van der Waals surface area (Å²) in [6, 6.07) is 15.4. The second kappa shape index (κ2) is 6.46. The SMILES string of the molecule is C[C@@H](NCC(F)(F)c1ccccc1)c1ccccc1Br. The van der Waals surface area contributed by atoms with E-state index in [2.05, 4.69) is 21.2 Å². The number of alkyl halides is 2. The Morgan fingerprint density at radius 2 is 1.65 bits per heavy atom. The molecular formula is C16H16BrF2N. The van der Waals surface area contributed by atoms with E-state index in [1.54, 1.807) is 18.2 Å². The van der Waals surface area contributed by atoms with Gasteiger partial charge in [-0.15, -0.1) is 0 Å². The molecule has 0 bridgehead atoms. The van der Waals surface area contributed by atoms with Gasteiger partial charge in [-0.3, -0.25) is 0 Å². The van der Waals surface area contributed by atoms with E-state index in [9.17, 15) is 8.78 Å². The van der Waals surface area contributed by atoms with Crippen molar-refractivity contribution in [2.24, 2.45) is 0 Å². The van der Waals surface area contributed by atoms with Crippen molar-refractivity contribution in [3.05, 3.63) is 70.2 Å². The number of benzene rings is 2. The summed E-state index contributed by atoms with van der Waals surface area (Å²) in [6.07, 6.45) is 0. The van der Waals surface area contributed by atoms with Crippen LogP contribution in [-0.2, 0) is 5.92 Å². The van der Waals surface area contributed by atoms with Gasteiger partial charge in [0.05, 0.1) is 6.54 Å². The molecule has 0 amide bonds. The Bertz CT molecular complexity index is 557. The van der Waals surface area contributed by atoms with E-state index >= 15 is 0 Å². The molecule has 0 aliphatic heterocycles. The van der Waals surface area contributed by atoms with Gasteiger partial charge in [-0.05, 0) is 18.6 Å². The molecule has 106 valence electrons. The van der Waals surface area contributed by atoms with E-state index in [0.29, 0.717) is 0 Å². The molecule has 0 saturated heterocycles. The summed E-state index contributed by atoms with van der Waals surface area (Å²) in [4.78, 5) is 0. The van der Waals surface area contributed by atoms with Crippen molar-refractivity contribution in [3.63, 3.8) is 0 Å². The van der Waals surface area contributed by atoms with Crippen molar-refractivity contribution in [1.29, 1.82) is 0 Å². The first-order valence-corrected chi connectivity index (χ1v) is 7.21. The number of hydrogen-bond donors (Lipinski definition) is 1. The Balaban J connectivity index is 2.03. The minimum Gasteiger partial charge on any atom is -0.304 e. The summed E-state index contributed by atoms with van der Waals surface area (Å²) in [5.74, 6) is -2.88. The molecule has 0 unspecified atom stereocenters. The van der Waals surface area contributed by atoms with Crippen molar-refractivity contribution in [3.8, 4) is 0 Å². The molecule has 0 aliphatic carbocycles. The quantitative estimate of drug-likeness (QED) is 0.817. The van der Waals surface area contributed by atoms with Crippen LogP contribution in [0, 0.1) is 0 Å². The largest absolute Gasteiger partial charge is 0.304 e. The van der Waals surface area contributed by atoms with Gasteiger partial charge in [0, 0.05) is 16.1 Å². The van der Waals surface area contributed by atoms with Gasteiger partial charge in [0.25, 0.3) is 5.92 Å². The maximum Gasteiger partial charge on any atom is 0.285 e. The zero-order valence-corrected chi connectivity index (χ0v) is 12.7. The van der Waals surface area contributed by atoms with Gasteiger partial charge in [0.1, 0.15) is 0 Å². The Morgan fingerprint density at radius 1 is 1.05 bits per heavy atom. The summed E-state index contributed by atoms with van der Waals surface area (Å²) < 4.78 is 29.0. The van der Waals surface area contributed by atoms with Crippen LogP contribution in [0.5, 0.6) is 0 Å².